The lowest BCUT2D eigenvalue weighted by Crippen LogP contribution is -2.43. The number of hydrogen-bond donors (Lipinski definition) is 1. The number of hydrogen-bond acceptors (Lipinski definition) is 3. The fraction of sp³-hybridized carbons (Fsp3) is 0.263. The van der Waals surface area contributed by atoms with Crippen molar-refractivity contribution in [1.82, 2.24) is 10.2 Å². The van der Waals surface area contributed by atoms with E-state index in [2.05, 4.69) is 5.32 Å². The number of nitrogens with one attached hydrogen (secondary N) is 1. The smallest absolute Gasteiger partial charge is 0.325 e. The summed E-state index contributed by atoms with van der Waals surface area (Å²) in [6.45, 7) is 2.12. The minimum Gasteiger partial charge on any atom is -0.497 e. The van der Waals surface area contributed by atoms with Crippen LogP contribution in [0.5, 0.6) is 5.75 Å². The van der Waals surface area contributed by atoms with Gasteiger partial charge in [-0.05, 0) is 29.7 Å². The summed E-state index contributed by atoms with van der Waals surface area (Å²) in [5.74, 6) is 0.480. The minimum atomic E-state index is -0.989. The molecule has 124 valence electrons. The van der Waals surface area contributed by atoms with Crippen molar-refractivity contribution in [3.63, 3.8) is 0 Å². The Labute approximate surface area is 141 Å². The zero-order chi connectivity index (χ0) is 17.2. The molecule has 1 aliphatic heterocycles. The predicted molar refractivity (Wildman–Crippen MR) is 90.5 cm³/mol. The number of rotatable bonds is 5. The monoisotopic (exact) mass is 324 g/mol. The van der Waals surface area contributed by atoms with E-state index in [9.17, 15) is 9.59 Å². The molecule has 3 rings (SSSR count). The number of nitrogens with zero attached hydrogens (tertiary/aromatic N) is 1. The summed E-state index contributed by atoms with van der Waals surface area (Å²) in [5.41, 5.74) is 0.661. The molecule has 0 bridgehead atoms. The average Bonchev–Trinajstić information content (AvgIpc) is 2.88. The minimum absolute atomic E-state index is 0.219. The van der Waals surface area contributed by atoms with Crippen molar-refractivity contribution in [3.8, 4) is 5.75 Å². The summed E-state index contributed by atoms with van der Waals surface area (Å²) in [6.07, 6.45) is 0.496. The molecule has 0 radical (unpaired) electrons. The largest absolute Gasteiger partial charge is 0.497 e. The zero-order valence-electron chi connectivity index (χ0n) is 13.8. The van der Waals surface area contributed by atoms with Gasteiger partial charge >= 0.3 is 6.03 Å². The second-order valence-corrected chi connectivity index (χ2v) is 5.80. The molecule has 0 aliphatic carbocycles. The van der Waals surface area contributed by atoms with Crippen LogP contribution in [0.4, 0.5) is 4.79 Å². The van der Waals surface area contributed by atoms with E-state index < -0.39 is 5.54 Å². The van der Waals surface area contributed by atoms with E-state index in [1.807, 2.05) is 61.5 Å². The average molecular weight is 324 g/mol. The molecular weight excluding hydrogens is 304 g/mol. The van der Waals surface area contributed by atoms with Crippen LogP contribution in [0.15, 0.2) is 54.6 Å². The maximum Gasteiger partial charge on any atom is 0.325 e. The Morgan fingerprint density at radius 1 is 1.08 bits per heavy atom. The first kappa shape index (κ1) is 16.1. The highest BCUT2D eigenvalue weighted by Crippen LogP contribution is 2.33. The van der Waals surface area contributed by atoms with E-state index in [1.54, 1.807) is 7.11 Å². The van der Waals surface area contributed by atoms with Crippen molar-refractivity contribution < 1.29 is 14.3 Å². The lowest BCUT2D eigenvalue weighted by molar-refractivity contribution is -0.132. The van der Waals surface area contributed by atoms with Gasteiger partial charge in [0.15, 0.2) is 0 Å². The quantitative estimate of drug-likeness (QED) is 0.860. The maximum atomic E-state index is 13.0. The Bertz CT molecular complexity index is 760. The molecule has 1 aliphatic rings. The van der Waals surface area contributed by atoms with Gasteiger partial charge in [-0.3, -0.25) is 9.69 Å². The molecule has 24 heavy (non-hydrogen) atoms. The van der Waals surface area contributed by atoms with Crippen LogP contribution >= 0.6 is 0 Å². The fourth-order valence-electron chi connectivity index (χ4n) is 3.09. The van der Waals surface area contributed by atoms with Crippen LogP contribution in [0, 0.1) is 0 Å². The van der Waals surface area contributed by atoms with Crippen LogP contribution < -0.4 is 10.1 Å². The Morgan fingerprint density at radius 3 is 2.50 bits per heavy atom. The molecule has 3 amide bonds. The highest BCUT2D eigenvalue weighted by atomic mass is 16.5. The summed E-state index contributed by atoms with van der Waals surface area (Å²) >= 11 is 0. The first-order chi connectivity index (χ1) is 11.6. The van der Waals surface area contributed by atoms with Gasteiger partial charge in [0.05, 0.1) is 13.7 Å². The lowest BCUT2D eigenvalue weighted by Gasteiger charge is -2.25. The molecule has 2 aromatic carbocycles. The Hall–Kier alpha value is -2.82. The molecule has 2 aromatic rings. The molecular formula is C19H20N2O3. The molecule has 1 atom stereocenters. The van der Waals surface area contributed by atoms with Crippen LogP contribution in [0.2, 0.25) is 0 Å². The van der Waals surface area contributed by atoms with Crippen LogP contribution in [-0.4, -0.2) is 23.9 Å². The number of imide groups is 1. The van der Waals surface area contributed by atoms with Gasteiger partial charge in [-0.15, -0.1) is 0 Å². The summed E-state index contributed by atoms with van der Waals surface area (Å²) in [5, 5.41) is 2.89. The number of ether oxygens (including phenoxy) is 1. The lowest BCUT2D eigenvalue weighted by atomic mass is 9.87. The maximum absolute atomic E-state index is 13.0. The number of carbonyl (C=O) groups is 2. The number of urea groups is 1. The van der Waals surface area contributed by atoms with Crippen molar-refractivity contribution in [1.29, 1.82) is 0 Å². The van der Waals surface area contributed by atoms with Crippen molar-refractivity contribution >= 4 is 11.9 Å². The Morgan fingerprint density at radius 2 is 1.83 bits per heavy atom. The van der Waals surface area contributed by atoms with Crippen LogP contribution in [0.3, 0.4) is 0 Å². The number of benzene rings is 2. The molecule has 0 aromatic heterocycles. The predicted octanol–water partition coefficient (Wildman–Crippen LogP) is 3.05. The first-order valence-corrected chi connectivity index (χ1v) is 7.93. The normalized spacial score (nSPS) is 20.2. The highest BCUT2D eigenvalue weighted by Gasteiger charge is 2.50. The Kier molecular flexibility index (Phi) is 4.25. The van der Waals surface area contributed by atoms with E-state index in [4.69, 9.17) is 4.74 Å². The van der Waals surface area contributed by atoms with E-state index in [-0.39, 0.29) is 18.5 Å². The summed E-state index contributed by atoms with van der Waals surface area (Å²) in [7, 11) is 1.59. The molecule has 5 heteroatoms. The molecule has 0 spiro atoms. The van der Waals surface area contributed by atoms with Gasteiger partial charge in [0.1, 0.15) is 11.3 Å². The van der Waals surface area contributed by atoms with Crippen LogP contribution in [-0.2, 0) is 16.9 Å². The number of carbonyl (C=O) groups excluding carboxylic acids is 2. The molecule has 5 nitrogen and oxygen atoms in total. The molecule has 1 fully saturated rings. The third-order valence-electron chi connectivity index (χ3n) is 4.45. The van der Waals surface area contributed by atoms with Gasteiger partial charge < -0.3 is 10.1 Å². The molecule has 1 heterocycles. The van der Waals surface area contributed by atoms with Gasteiger partial charge in [-0.25, -0.2) is 4.79 Å². The standard InChI is InChI=1S/C19H20N2O3/c1-3-19(15-9-5-4-6-10-15)17(22)21(18(23)20-19)13-14-8-7-11-16(12-14)24-2/h4-12H,3,13H2,1-2H3,(H,20,23). The van der Waals surface area contributed by atoms with Crippen LogP contribution in [0.25, 0.3) is 0 Å². The molecule has 0 saturated carbocycles. The van der Waals surface area contributed by atoms with Crippen molar-refractivity contribution in [3.05, 3.63) is 65.7 Å². The SMILES string of the molecule is CCC1(c2ccccc2)NC(=O)N(Cc2cccc(OC)c2)C1=O. The number of amides is 3. The topological polar surface area (TPSA) is 58.6 Å². The Balaban J connectivity index is 1.91. The van der Waals surface area contributed by atoms with Gasteiger partial charge in [0.25, 0.3) is 5.91 Å². The second-order valence-electron chi connectivity index (χ2n) is 5.80. The van der Waals surface area contributed by atoms with Gasteiger partial charge in [0, 0.05) is 0 Å². The van der Waals surface area contributed by atoms with Gasteiger partial charge in [-0.2, -0.15) is 0 Å². The summed E-state index contributed by atoms with van der Waals surface area (Å²) < 4.78 is 5.20. The number of methoxy groups -OCH3 is 1. The van der Waals surface area contributed by atoms with Crippen molar-refractivity contribution in [2.75, 3.05) is 7.11 Å². The van der Waals surface area contributed by atoms with E-state index in [0.717, 1.165) is 11.1 Å². The van der Waals surface area contributed by atoms with Gasteiger partial charge in [-0.1, -0.05) is 49.4 Å². The highest BCUT2D eigenvalue weighted by molar-refractivity contribution is 6.07. The second kappa shape index (κ2) is 6.35. The fourth-order valence-corrected chi connectivity index (χ4v) is 3.09. The van der Waals surface area contributed by atoms with Crippen molar-refractivity contribution in [2.24, 2.45) is 0 Å². The van der Waals surface area contributed by atoms with E-state index in [0.29, 0.717) is 12.2 Å². The van der Waals surface area contributed by atoms with E-state index >= 15 is 0 Å². The third kappa shape index (κ3) is 2.62. The summed E-state index contributed by atoms with van der Waals surface area (Å²) in [4.78, 5) is 26.8. The molecule has 1 saturated heterocycles. The van der Waals surface area contributed by atoms with E-state index in [1.165, 1.54) is 4.90 Å². The van der Waals surface area contributed by atoms with Crippen molar-refractivity contribution in [2.45, 2.75) is 25.4 Å². The summed E-state index contributed by atoms with van der Waals surface area (Å²) in [6, 6.07) is 16.4. The van der Waals surface area contributed by atoms with Crippen LogP contribution in [0.1, 0.15) is 24.5 Å². The molecule has 1 unspecified atom stereocenters. The zero-order valence-corrected chi connectivity index (χ0v) is 13.8. The molecule has 1 N–H and O–H groups in total. The first-order valence-electron chi connectivity index (χ1n) is 7.93. The van der Waals surface area contributed by atoms with Gasteiger partial charge in [0.2, 0.25) is 0 Å². The third-order valence-corrected chi connectivity index (χ3v) is 4.45.